The highest BCUT2D eigenvalue weighted by Crippen LogP contribution is 2.29. The second-order valence-corrected chi connectivity index (χ2v) is 6.93. The number of rotatable bonds is 4. The zero-order valence-corrected chi connectivity index (χ0v) is 16.8. The zero-order chi connectivity index (χ0) is 20.3. The van der Waals surface area contributed by atoms with Gasteiger partial charge in [-0.1, -0.05) is 35.9 Å². The number of thiocarbonyl (C=S) groups is 1. The summed E-state index contributed by atoms with van der Waals surface area (Å²) < 4.78 is 4.72. The Morgan fingerprint density at radius 2 is 1.82 bits per heavy atom. The molecule has 144 valence electrons. The first-order chi connectivity index (χ1) is 13.4. The molecular formula is C20H18ClN3O3S. The number of hydrogen-bond acceptors (Lipinski definition) is 4. The number of ether oxygens (including phenoxy) is 1. The van der Waals surface area contributed by atoms with Gasteiger partial charge >= 0.3 is 5.97 Å². The molecule has 1 heterocycles. The molecule has 1 aliphatic heterocycles. The third-order valence-corrected chi connectivity index (χ3v) is 4.85. The summed E-state index contributed by atoms with van der Waals surface area (Å²) in [6, 6.07) is 13.3. The zero-order valence-electron chi connectivity index (χ0n) is 15.2. The predicted octanol–water partition coefficient (Wildman–Crippen LogP) is 3.56. The van der Waals surface area contributed by atoms with Crippen molar-refractivity contribution in [1.29, 1.82) is 0 Å². The van der Waals surface area contributed by atoms with Gasteiger partial charge < -0.3 is 20.7 Å². The molecule has 0 saturated carbocycles. The molecule has 0 bridgehead atoms. The Balaban J connectivity index is 1.93. The number of allylic oxidation sites excluding steroid dienone is 1. The average Bonchev–Trinajstić information content (AvgIpc) is 2.68. The minimum atomic E-state index is -0.483. The van der Waals surface area contributed by atoms with Crippen molar-refractivity contribution in [2.24, 2.45) is 0 Å². The van der Waals surface area contributed by atoms with Crippen molar-refractivity contribution in [2.75, 3.05) is 12.4 Å². The molecule has 0 saturated heterocycles. The molecule has 2 aromatic carbocycles. The number of anilines is 1. The first-order valence-corrected chi connectivity index (χ1v) is 9.21. The van der Waals surface area contributed by atoms with Crippen LogP contribution in [-0.2, 0) is 9.53 Å². The van der Waals surface area contributed by atoms with Gasteiger partial charge in [0.05, 0.1) is 35.0 Å². The molecule has 2 aromatic rings. The minimum Gasteiger partial charge on any atom is -0.465 e. The lowest BCUT2D eigenvalue weighted by Crippen LogP contribution is -2.45. The topological polar surface area (TPSA) is 79.5 Å². The van der Waals surface area contributed by atoms with E-state index in [1.54, 1.807) is 55.5 Å². The van der Waals surface area contributed by atoms with E-state index in [0.717, 1.165) is 5.56 Å². The molecule has 0 fully saturated rings. The van der Waals surface area contributed by atoms with Crippen LogP contribution in [0.2, 0.25) is 5.02 Å². The van der Waals surface area contributed by atoms with E-state index in [-0.39, 0.29) is 5.91 Å². The van der Waals surface area contributed by atoms with Crippen LogP contribution >= 0.6 is 23.8 Å². The molecule has 0 aromatic heterocycles. The highest BCUT2D eigenvalue weighted by Gasteiger charge is 2.30. The highest BCUT2D eigenvalue weighted by molar-refractivity contribution is 7.80. The van der Waals surface area contributed by atoms with Crippen LogP contribution in [0.25, 0.3) is 0 Å². The Hall–Kier alpha value is -2.90. The van der Waals surface area contributed by atoms with Gasteiger partial charge in [-0.15, -0.1) is 0 Å². The summed E-state index contributed by atoms with van der Waals surface area (Å²) in [4.78, 5) is 24.7. The number of para-hydroxylation sites is 1. The summed E-state index contributed by atoms with van der Waals surface area (Å²) in [6.07, 6.45) is 0. The fraction of sp³-hybridized carbons (Fsp3) is 0.150. The number of carbonyl (C=O) groups excluding carboxylic acids is 2. The van der Waals surface area contributed by atoms with Crippen LogP contribution in [0.1, 0.15) is 28.9 Å². The van der Waals surface area contributed by atoms with Gasteiger partial charge in [-0.2, -0.15) is 0 Å². The SMILES string of the molecule is COC(=O)c1ccc(C2NC(=S)NC(C)=C2C(=O)Nc2ccccc2Cl)cc1. The van der Waals surface area contributed by atoms with E-state index in [9.17, 15) is 9.59 Å². The third kappa shape index (κ3) is 4.16. The first kappa shape index (κ1) is 19.9. The predicted molar refractivity (Wildman–Crippen MR) is 112 cm³/mol. The van der Waals surface area contributed by atoms with Gasteiger partial charge in [0.15, 0.2) is 5.11 Å². The molecule has 1 amide bonds. The number of carbonyl (C=O) groups is 2. The minimum absolute atomic E-state index is 0.310. The molecule has 0 aliphatic carbocycles. The van der Waals surface area contributed by atoms with Crippen LogP contribution < -0.4 is 16.0 Å². The van der Waals surface area contributed by atoms with Crippen LogP contribution in [0.3, 0.4) is 0 Å². The molecule has 1 atom stereocenters. The number of hydrogen-bond donors (Lipinski definition) is 3. The number of halogens is 1. The van der Waals surface area contributed by atoms with Crippen LogP contribution in [0.15, 0.2) is 59.8 Å². The number of amides is 1. The Morgan fingerprint density at radius 3 is 2.46 bits per heavy atom. The molecule has 0 spiro atoms. The van der Waals surface area contributed by atoms with Gasteiger partial charge in [0.1, 0.15) is 0 Å². The van der Waals surface area contributed by atoms with Gasteiger partial charge in [-0.05, 0) is 49.0 Å². The second kappa shape index (κ2) is 8.41. The van der Waals surface area contributed by atoms with Crippen molar-refractivity contribution in [3.05, 3.63) is 76.0 Å². The Kier molecular flexibility index (Phi) is 5.96. The quantitative estimate of drug-likeness (QED) is 0.523. The maximum Gasteiger partial charge on any atom is 0.337 e. The van der Waals surface area contributed by atoms with Crippen molar-refractivity contribution in [3.63, 3.8) is 0 Å². The van der Waals surface area contributed by atoms with Crippen LogP contribution in [-0.4, -0.2) is 24.1 Å². The third-order valence-electron chi connectivity index (χ3n) is 4.30. The largest absolute Gasteiger partial charge is 0.465 e. The molecule has 28 heavy (non-hydrogen) atoms. The Bertz CT molecular complexity index is 973. The lowest BCUT2D eigenvalue weighted by Gasteiger charge is -2.30. The van der Waals surface area contributed by atoms with Crippen molar-refractivity contribution in [2.45, 2.75) is 13.0 Å². The van der Waals surface area contributed by atoms with E-state index in [0.29, 0.717) is 32.7 Å². The van der Waals surface area contributed by atoms with Gasteiger partial charge in [0, 0.05) is 5.70 Å². The van der Waals surface area contributed by atoms with E-state index in [4.69, 9.17) is 28.6 Å². The van der Waals surface area contributed by atoms with Gasteiger partial charge in [-0.25, -0.2) is 4.79 Å². The molecule has 6 nitrogen and oxygen atoms in total. The Labute approximate surface area is 172 Å². The van der Waals surface area contributed by atoms with E-state index >= 15 is 0 Å². The standard InChI is InChI=1S/C20H18ClN3O3S/c1-11-16(18(25)23-15-6-4-3-5-14(15)21)17(24-20(28)22-11)12-7-9-13(10-8-12)19(26)27-2/h3-10,17H,1-2H3,(H,23,25)(H2,22,24,28). The number of nitrogens with one attached hydrogen (secondary N) is 3. The van der Waals surface area contributed by atoms with Crippen LogP contribution in [0.4, 0.5) is 5.69 Å². The molecule has 3 N–H and O–H groups in total. The monoisotopic (exact) mass is 415 g/mol. The number of benzene rings is 2. The summed E-state index contributed by atoms with van der Waals surface area (Å²) in [5.74, 6) is -0.737. The second-order valence-electron chi connectivity index (χ2n) is 6.12. The lowest BCUT2D eigenvalue weighted by atomic mass is 9.94. The smallest absolute Gasteiger partial charge is 0.337 e. The fourth-order valence-corrected chi connectivity index (χ4v) is 3.38. The lowest BCUT2D eigenvalue weighted by molar-refractivity contribution is -0.113. The fourth-order valence-electron chi connectivity index (χ4n) is 2.93. The summed E-state index contributed by atoms with van der Waals surface area (Å²) in [5, 5.41) is 9.78. The molecule has 1 unspecified atom stereocenters. The molecule has 8 heteroatoms. The van der Waals surface area contributed by atoms with Crippen molar-refractivity contribution < 1.29 is 14.3 Å². The highest BCUT2D eigenvalue weighted by atomic mass is 35.5. The van der Waals surface area contributed by atoms with Crippen molar-refractivity contribution in [3.8, 4) is 0 Å². The van der Waals surface area contributed by atoms with E-state index in [1.807, 2.05) is 0 Å². The molecule has 0 radical (unpaired) electrons. The molecular weight excluding hydrogens is 398 g/mol. The molecule has 1 aliphatic rings. The number of esters is 1. The van der Waals surface area contributed by atoms with Crippen molar-refractivity contribution in [1.82, 2.24) is 10.6 Å². The summed E-state index contributed by atoms with van der Waals surface area (Å²) in [5.41, 5.74) is 2.82. The van der Waals surface area contributed by atoms with Gasteiger partial charge in [0.25, 0.3) is 5.91 Å². The van der Waals surface area contributed by atoms with Crippen LogP contribution in [0, 0.1) is 0 Å². The Morgan fingerprint density at radius 1 is 1.14 bits per heavy atom. The van der Waals surface area contributed by atoms with E-state index < -0.39 is 12.0 Å². The van der Waals surface area contributed by atoms with Gasteiger partial charge in [0.2, 0.25) is 0 Å². The summed E-state index contributed by atoms with van der Waals surface area (Å²) >= 11 is 11.4. The van der Waals surface area contributed by atoms with Crippen molar-refractivity contribution >= 4 is 46.5 Å². The van der Waals surface area contributed by atoms with E-state index in [2.05, 4.69) is 16.0 Å². The maximum atomic E-state index is 13.0. The maximum absolute atomic E-state index is 13.0. The summed E-state index contributed by atoms with van der Waals surface area (Å²) in [7, 11) is 1.33. The normalized spacial score (nSPS) is 16.1. The first-order valence-electron chi connectivity index (χ1n) is 8.43. The van der Waals surface area contributed by atoms with E-state index in [1.165, 1.54) is 7.11 Å². The number of methoxy groups -OCH3 is 1. The average molecular weight is 416 g/mol. The van der Waals surface area contributed by atoms with Crippen LogP contribution in [0.5, 0.6) is 0 Å². The summed E-state index contributed by atoms with van der Waals surface area (Å²) in [6.45, 7) is 1.78. The van der Waals surface area contributed by atoms with Gasteiger partial charge in [-0.3, -0.25) is 4.79 Å². The molecule has 3 rings (SSSR count).